The summed E-state index contributed by atoms with van der Waals surface area (Å²) in [6, 6.07) is 1.57. The van der Waals surface area contributed by atoms with Crippen LogP contribution in [0, 0.1) is 16.0 Å². The normalized spacial score (nSPS) is 24.7. The highest BCUT2D eigenvalue weighted by atomic mass is 35.5. The van der Waals surface area contributed by atoms with Crippen molar-refractivity contribution in [3.05, 3.63) is 33.1 Å². The van der Waals surface area contributed by atoms with Gasteiger partial charge in [-0.15, -0.1) is 0 Å². The minimum Gasteiger partial charge on any atom is -0.337 e. The first-order valence-corrected chi connectivity index (χ1v) is 7.26. The van der Waals surface area contributed by atoms with Crippen molar-refractivity contribution in [2.45, 2.75) is 18.9 Å². The first kappa shape index (κ1) is 14.2. The molecule has 21 heavy (non-hydrogen) atoms. The van der Waals surface area contributed by atoms with Crippen LogP contribution in [0.3, 0.4) is 0 Å². The lowest BCUT2D eigenvalue weighted by Crippen LogP contribution is -2.41. The van der Waals surface area contributed by atoms with E-state index < -0.39 is 4.92 Å². The standard InChI is InChI=1S/C13H15ClN4O3/c14-12-4-9(11(5-16-12)18(20)21)13(19)17-6-8-2-1-3-15-10(8)7-17/h4-5,8,10,15H,1-3,6-7H2. The Labute approximate surface area is 126 Å². The molecule has 1 N–H and O–H groups in total. The Morgan fingerprint density at radius 2 is 2.33 bits per heavy atom. The summed E-state index contributed by atoms with van der Waals surface area (Å²) in [6.07, 6.45) is 3.22. The van der Waals surface area contributed by atoms with Crippen molar-refractivity contribution in [1.29, 1.82) is 0 Å². The van der Waals surface area contributed by atoms with Crippen molar-refractivity contribution >= 4 is 23.2 Å². The number of pyridine rings is 1. The summed E-state index contributed by atoms with van der Waals surface area (Å²) in [5, 5.41) is 14.5. The van der Waals surface area contributed by atoms with Gasteiger partial charge in [-0.05, 0) is 31.4 Å². The second-order valence-corrected chi connectivity index (χ2v) is 5.84. The highest BCUT2D eigenvalue weighted by Crippen LogP contribution is 2.28. The Morgan fingerprint density at radius 1 is 1.52 bits per heavy atom. The first-order chi connectivity index (χ1) is 10.1. The van der Waals surface area contributed by atoms with E-state index in [1.165, 1.54) is 6.07 Å². The van der Waals surface area contributed by atoms with E-state index in [1.807, 2.05) is 0 Å². The summed E-state index contributed by atoms with van der Waals surface area (Å²) in [4.78, 5) is 28.4. The number of nitrogens with zero attached hydrogens (tertiary/aromatic N) is 3. The molecule has 2 saturated heterocycles. The van der Waals surface area contributed by atoms with Crippen molar-refractivity contribution in [1.82, 2.24) is 15.2 Å². The molecule has 0 aromatic carbocycles. The van der Waals surface area contributed by atoms with Gasteiger partial charge in [-0.25, -0.2) is 4.98 Å². The van der Waals surface area contributed by atoms with E-state index in [-0.39, 0.29) is 22.3 Å². The molecule has 0 bridgehead atoms. The number of fused-ring (bicyclic) bond motifs is 1. The van der Waals surface area contributed by atoms with Crippen LogP contribution in [0.15, 0.2) is 12.3 Å². The van der Waals surface area contributed by atoms with E-state index in [0.29, 0.717) is 25.0 Å². The minimum atomic E-state index is -0.599. The number of carbonyl (C=O) groups excluding carboxylic acids is 1. The Balaban J connectivity index is 1.85. The van der Waals surface area contributed by atoms with Gasteiger partial charge in [0, 0.05) is 19.1 Å². The van der Waals surface area contributed by atoms with Crippen LogP contribution in [0.1, 0.15) is 23.2 Å². The van der Waals surface area contributed by atoms with Gasteiger partial charge in [-0.2, -0.15) is 0 Å². The van der Waals surface area contributed by atoms with Crippen LogP contribution in [0.5, 0.6) is 0 Å². The number of likely N-dealkylation sites (tertiary alicyclic amines) is 1. The van der Waals surface area contributed by atoms with Gasteiger partial charge in [0.15, 0.2) is 0 Å². The van der Waals surface area contributed by atoms with Crippen LogP contribution >= 0.6 is 11.6 Å². The average Bonchev–Trinajstić information content (AvgIpc) is 2.89. The maximum atomic E-state index is 12.6. The van der Waals surface area contributed by atoms with Gasteiger partial charge in [0.25, 0.3) is 11.6 Å². The zero-order valence-corrected chi connectivity index (χ0v) is 12.0. The molecule has 0 radical (unpaired) electrons. The number of piperidine rings is 1. The molecule has 0 spiro atoms. The van der Waals surface area contributed by atoms with Crippen LogP contribution in [0.25, 0.3) is 0 Å². The number of amides is 1. The molecule has 8 heteroatoms. The van der Waals surface area contributed by atoms with Crippen molar-refractivity contribution in [2.75, 3.05) is 19.6 Å². The number of nitro groups is 1. The summed E-state index contributed by atoms with van der Waals surface area (Å²) < 4.78 is 0. The molecule has 2 fully saturated rings. The van der Waals surface area contributed by atoms with Gasteiger partial charge >= 0.3 is 0 Å². The topological polar surface area (TPSA) is 88.4 Å². The molecular formula is C13H15ClN4O3. The van der Waals surface area contributed by atoms with E-state index in [1.54, 1.807) is 4.90 Å². The summed E-state index contributed by atoms with van der Waals surface area (Å²) >= 11 is 5.78. The molecule has 1 aromatic rings. The predicted molar refractivity (Wildman–Crippen MR) is 76.3 cm³/mol. The van der Waals surface area contributed by atoms with Crippen LogP contribution in [-0.4, -0.2) is 46.4 Å². The number of hydrogen-bond acceptors (Lipinski definition) is 5. The van der Waals surface area contributed by atoms with Crippen molar-refractivity contribution in [3.63, 3.8) is 0 Å². The van der Waals surface area contributed by atoms with Gasteiger partial charge in [0.1, 0.15) is 16.9 Å². The van der Waals surface area contributed by atoms with Gasteiger partial charge in [-0.1, -0.05) is 11.6 Å². The predicted octanol–water partition coefficient (Wildman–Crippen LogP) is 1.47. The zero-order chi connectivity index (χ0) is 15.0. The molecule has 2 aliphatic heterocycles. The van der Waals surface area contributed by atoms with E-state index in [4.69, 9.17) is 11.6 Å². The van der Waals surface area contributed by atoms with Crippen LogP contribution < -0.4 is 5.32 Å². The highest BCUT2D eigenvalue weighted by molar-refractivity contribution is 6.29. The number of hydrogen-bond donors (Lipinski definition) is 1. The Morgan fingerprint density at radius 3 is 3.05 bits per heavy atom. The molecule has 112 valence electrons. The lowest BCUT2D eigenvalue weighted by molar-refractivity contribution is -0.385. The van der Waals surface area contributed by atoms with E-state index >= 15 is 0 Å². The largest absolute Gasteiger partial charge is 0.337 e. The van der Waals surface area contributed by atoms with Crippen LogP contribution in [0.2, 0.25) is 5.15 Å². The molecule has 2 aliphatic rings. The van der Waals surface area contributed by atoms with Gasteiger partial charge in [-0.3, -0.25) is 14.9 Å². The molecule has 3 heterocycles. The van der Waals surface area contributed by atoms with Crippen molar-refractivity contribution < 1.29 is 9.72 Å². The summed E-state index contributed by atoms with van der Waals surface area (Å²) in [5.41, 5.74) is -0.286. The van der Waals surface area contributed by atoms with Gasteiger partial charge in [0.05, 0.1) is 4.92 Å². The van der Waals surface area contributed by atoms with E-state index in [9.17, 15) is 14.9 Å². The molecule has 1 aromatic heterocycles. The zero-order valence-electron chi connectivity index (χ0n) is 11.3. The molecule has 7 nitrogen and oxygen atoms in total. The SMILES string of the molecule is O=C(c1cc(Cl)ncc1[N+](=O)[O-])N1CC2CCCNC2C1. The van der Waals surface area contributed by atoms with E-state index in [2.05, 4.69) is 10.3 Å². The maximum Gasteiger partial charge on any atom is 0.300 e. The fraction of sp³-hybridized carbons (Fsp3) is 0.538. The first-order valence-electron chi connectivity index (χ1n) is 6.89. The fourth-order valence-electron chi connectivity index (χ4n) is 3.12. The third-order valence-corrected chi connectivity index (χ3v) is 4.37. The Bertz CT molecular complexity index is 581. The second kappa shape index (κ2) is 5.57. The van der Waals surface area contributed by atoms with Crippen LogP contribution in [-0.2, 0) is 0 Å². The summed E-state index contributed by atoms with van der Waals surface area (Å²) in [5.74, 6) is 0.0845. The lowest BCUT2D eigenvalue weighted by atomic mass is 9.94. The molecule has 0 aliphatic carbocycles. The van der Waals surface area contributed by atoms with E-state index in [0.717, 1.165) is 25.6 Å². The van der Waals surface area contributed by atoms with Gasteiger partial charge < -0.3 is 10.2 Å². The number of halogens is 1. The highest BCUT2D eigenvalue weighted by Gasteiger charge is 2.38. The monoisotopic (exact) mass is 310 g/mol. The third kappa shape index (κ3) is 2.71. The quantitative estimate of drug-likeness (QED) is 0.507. The smallest absolute Gasteiger partial charge is 0.300 e. The molecule has 1 amide bonds. The maximum absolute atomic E-state index is 12.6. The van der Waals surface area contributed by atoms with Crippen LogP contribution in [0.4, 0.5) is 5.69 Å². The number of nitrogens with one attached hydrogen (secondary N) is 1. The number of rotatable bonds is 2. The molecule has 2 atom stereocenters. The second-order valence-electron chi connectivity index (χ2n) is 5.45. The number of aromatic nitrogens is 1. The molecule has 0 saturated carbocycles. The Kier molecular flexibility index (Phi) is 3.77. The summed E-state index contributed by atoms with van der Waals surface area (Å²) in [7, 11) is 0. The lowest BCUT2D eigenvalue weighted by Gasteiger charge is -2.24. The third-order valence-electron chi connectivity index (χ3n) is 4.16. The van der Waals surface area contributed by atoms with Gasteiger partial charge in [0.2, 0.25) is 0 Å². The Hall–Kier alpha value is -1.73. The fourth-order valence-corrected chi connectivity index (χ4v) is 3.28. The molecule has 3 rings (SSSR count). The summed E-state index contributed by atoms with van der Waals surface area (Å²) in [6.45, 7) is 2.18. The molecular weight excluding hydrogens is 296 g/mol. The average molecular weight is 311 g/mol. The number of carbonyl (C=O) groups is 1. The minimum absolute atomic E-state index is 0.0126. The van der Waals surface area contributed by atoms with Crippen molar-refractivity contribution in [2.24, 2.45) is 5.92 Å². The molecule has 2 unspecified atom stereocenters. The van der Waals surface area contributed by atoms with Crippen molar-refractivity contribution in [3.8, 4) is 0 Å².